The monoisotopic (exact) mass is 395 g/mol. The number of thiophene rings is 1. The van der Waals surface area contributed by atoms with Gasteiger partial charge in [-0.05, 0) is 48.6 Å². The van der Waals surface area contributed by atoms with E-state index in [0.29, 0.717) is 22.5 Å². The van der Waals surface area contributed by atoms with Crippen molar-refractivity contribution in [2.75, 3.05) is 10.0 Å². The van der Waals surface area contributed by atoms with Gasteiger partial charge >= 0.3 is 0 Å². The molecule has 0 radical (unpaired) electrons. The van der Waals surface area contributed by atoms with Gasteiger partial charge in [0.25, 0.3) is 10.0 Å². The molecule has 1 aromatic heterocycles. The molecule has 1 saturated carbocycles. The molecular formula is C17H21N3O2S3. The van der Waals surface area contributed by atoms with Gasteiger partial charge in [-0.1, -0.05) is 37.5 Å². The zero-order valence-electron chi connectivity index (χ0n) is 13.7. The highest BCUT2D eigenvalue weighted by Crippen LogP contribution is 2.26. The summed E-state index contributed by atoms with van der Waals surface area (Å²) in [6, 6.07) is 10.8. The molecule has 0 spiro atoms. The first kappa shape index (κ1) is 18.2. The molecule has 0 aliphatic heterocycles. The van der Waals surface area contributed by atoms with Gasteiger partial charge in [-0.25, -0.2) is 8.42 Å². The molecule has 0 unspecified atom stereocenters. The Kier molecular flexibility index (Phi) is 5.93. The van der Waals surface area contributed by atoms with Crippen molar-refractivity contribution in [1.82, 2.24) is 5.32 Å². The quantitative estimate of drug-likeness (QED) is 0.663. The average Bonchev–Trinajstić information content (AvgIpc) is 3.13. The number of hydrogen-bond acceptors (Lipinski definition) is 4. The Morgan fingerprint density at radius 1 is 1.04 bits per heavy atom. The second-order valence-electron chi connectivity index (χ2n) is 6.02. The Morgan fingerprint density at radius 3 is 2.44 bits per heavy atom. The second-order valence-corrected chi connectivity index (χ2v) is 9.28. The van der Waals surface area contributed by atoms with E-state index in [1.54, 1.807) is 35.7 Å². The van der Waals surface area contributed by atoms with E-state index in [4.69, 9.17) is 12.2 Å². The SMILES string of the molecule is O=S(=O)(Nc1ccccc1NC(=S)NC1CCCCC1)c1cccs1. The second kappa shape index (κ2) is 8.16. The van der Waals surface area contributed by atoms with Gasteiger partial charge in [0.15, 0.2) is 5.11 Å². The van der Waals surface area contributed by atoms with Gasteiger partial charge < -0.3 is 10.6 Å². The standard InChI is InChI=1S/C17H21N3O2S3/c21-25(22,16-11-6-12-24-16)20-15-10-5-4-9-14(15)19-17(23)18-13-7-2-1-3-8-13/h4-6,9-13,20H,1-3,7-8H2,(H2,18,19,23). The summed E-state index contributed by atoms with van der Waals surface area (Å²) in [5.41, 5.74) is 1.11. The highest BCUT2D eigenvalue weighted by atomic mass is 32.2. The molecule has 134 valence electrons. The molecule has 1 aromatic carbocycles. The van der Waals surface area contributed by atoms with Crippen LogP contribution in [0, 0.1) is 0 Å². The van der Waals surface area contributed by atoms with Crippen LogP contribution >= 0.6 is 23.6 Å². The van der Waals surface area contributed by atoms with Crippen LogP contribution in [0.25, 0.3) is 0 Å². The van der Waals surface area contributed by atoms with Crippen LogP contribution in [-0.4, -0.2) is 19.6 Å². The third-order valence-electron chi connectivity index (χ3n) is 4.12. The smallest absolute Gasteiger partial charge is 0.271 e. The summed E-state index contributed by atoms with van der Waals surface area (Å²) in [7, 11) is -3.59. The van der Waals surface area contributed by atoms with E-state index in [1.165, 1.54) is 30.6 Å². The summed E-state index contributed by atoms with van der Waals surface area (Å²) >= 11 is 6.58. The lowest BCUT2D eigenvalue weighted by Crippen LogP contribution is -2.39. The van der Waals surface area contributed by atoms with E-state index in [0.717, 1.165) is 12.8 Å². The molecule has 25 heavy (non-hydrogen) atoms. The molecule has 0 atom stereocenters. The number of para-hydroxylation sites is 2. The van der Waals surface area contributed by atoms with E-state index in [2.05, 4.69) is 15.4 Å². The lowest BCUT2D eigenvalue weighted by molar-refractivity contribution is 0.415. The number of benzene rings is 1. The fourth-order valence-corrected chi connectivity index (χ4v) is 5.23. The van der Waals surface area contributed by atoms with Crippen molar-refractivity contribution in [1.29, 1.82) is 0 Å². The minimum atomic E-state index is -3.59. The lowest BCUT2D eigenvalue weighted by Gasteiger charge is -2.24. The molecule has 8 heteroatoms. The molecule has 3 rings (SSSR count). The third kappa shape index (κ3) is 4.93. The van der Waals surface area contributed by atoms with Crippen LogP contribution in [0.2, 0.25) is 0 Å². The summed E-state index contributed by atoms with van der Waals surface area (Å²) in [5, 5.41) is 8.71. The molecule has 0 bridgehead atoms. The molecular weight excluding hydrogens is 374 g/mol. The number of nitrogens with one attached hydrogen (secondary N) is 3. The van der Waals surface area contributed by atoms with Crippen LogP contribution < -0.4 is 15.4 Å². The zero-order chi connectivity index (χ0) is 17.7. The topological polar surface area (TPSA) is 70.2 Å². The van der Waals surface area contributed by atoms with Gasteiger partial charge in [0.05, 0.1) is 11.4 Å². The number of thiocarbonyl (C=S) groups is 1. The van der Waals surface area contributed by atoms with E-state index in [9.17, 15) is 8.42 Å². The molecule has 1 fully saturated rings. The first-order valence-electron chi connectivity index (χ1n) is 8.27. The summed E-state index contributed by atoms with van der Waals surface area (Å²) in [4.78, 5) is 0. The van der Waals surface area contributed by atoms with Crippen molar-refractivity contribution in [3.05, 3.63) is 41.8 Å². The van der Waals surface area contributed by atoms with E-state index in [-0.39, 0.29) is 4.21 Å². The van der Waals surface area contributed by atoms with Crippen molar-refractivity contribution in [2.45, 2.75) is 42.4 Å². The van der Waals surface area contributed by atoms with Gasteiger partial charge in [0.2, 0.25) is 0 Å². The van der Waals surface area contributed by atoms with Crippen LogP contribution in [0.5, 0.6) is 0 Å². The van der Waals surface area contributed by atoms with Gasteiger partial charge in [-0.15, -0.1) is 11.3 Å². The minimum absolute atomic E-state index is 0.283. The fourth-order valence-electron chi connectivity index (χ4n) is 2.88. The maximum absolute atomic E-state index is 12.4. The van der Waals surface area contributed by atoms with Crippen LogP contribution in [0.15, 0.2) is 46.0 Å². The van der Waals surface area contributed by atoms with Crippen molar-refractivity contribution in [3.63, 3.8) is 0 Å². The Hall–Kier alpha value is -1.64. The Morgan fingerprint density at radius 2 is 1.76 bits per heavy atom. The largest absolute Gasteiger partial charge is 0.360 e. The highest BCUT2D eigenvalue weighted by molar-refractivity contribution is 7.94. The molecule has 2 aromatic rings. The van der Waals surface area contributed by atoms with Gasteiger partial charge in [0, 0.05) is 6.04 Å². The minimum Gasteiger partial charge on any atom is -0.360 e. The van der Waals surface area contributed by atoms with E-state index < -0.39 is 10.0 Å². The average molecular weight is 396 g/mol. The predicted molar refractivity (Wildman–Crippen MR) is 108 cm³/mol. The molecule has 0 saturated heterocycles. The molecule has 5 nitrogen and oxygen atoms in total. The number of hydrogen-bond donors (Lipinski definition) is 3. The van der Waals surface area contributed by atoms with Crippen LogP contribution in [0.4, 0.5) is 11.4 Å². The summed E-state index contributed by atoms with van der Waals surface area (Å²) in [6.07, 6.45) is 5.96. The third-order valence-corrected chi connectivity index (χ3v) is 7.10. The first-order valence-corrected chi connectivity index (χ1v) is 11.0. The normalized spacial score (nSPS) is 15.5. The number of anilines is 2. The van der Waals surface area contributed by atoms with Crippen LogP contribution in [0.3, 0.4) is 0 Å². The van der Waals surface area contributed by atoms with Crippen LogP contribution in [-0.2, 0) is 10.0 Å². The molecule has 1 aliphatic rings. The Balaban J connectivity index is 1.69. The zero-order valence-corrected chi connectivity index (χ0v) is 16.1. The van der Waals surface area contributed by atoms with Crippen molar-refractivity contribution in [2.24, 2.45) is 0 Å². The van der Waals surface area contributed by atoms with Crippen molar-refractivity contribution >= 4 is 50.1 Å². The summed E-state index contributed by atoms with van der Waals surface area (Å²) < 4.78 is 27.8. The van der Waals surface area contributed by atoms with Crippen LogP contribution in [0.1, 0.15) is 32.1 Å². The van der Waals surface area contributed by atoms with Gasteiger partial charge in [-0.2, -0.15) is 0 Å². The van der Waals surface area contributed by atoms with Gasteiger partial charge in [-0.3, -0.25) is 4.72 Å². The number of rotatable bonds is 5. The predicted octanol–water partition coefficient (Wildman–Crippen LogP) is 4.17. The maximum atomic E-state index is 12.4. The van der Waals surface area contributed by atoms with Crippen molar-refractivity contribution in [3.8, 4) is 0 Å². The lowest BCUT2D eigenvalue weighted by atomic mass is 9.96. The van der Waals surface area contributed by atoms with E-state index in [1.807, 2.05) is 6.07 Å². The molecule has 1 aliphatic carbocycles. The van der Waals surface area contributed by atoms with E-state index >= 15 is 0 Å². The number of sulfonamides is 1. The highest BCUT2D eigenvalue weighted by Gasteiger charge is 2.18. The summed E-state index contributed by atoms with van der Waals surface area (Å²) in [5.74, 6) is 0. The maximum Gasteiger partial charge on any atom is 0.271 e. The Labute approximate surface area is 157 Å². The first-order chi connectivity index (χ1) is 12.0. The molecule has 1 heterocycles. The molecule has 3 N–H and O–H groups in total. The summed E-state index contributed by atoms with van der Waals surface area (Å²) in [6.45, 7) is 0. The fraction of sp³-hybridized carbons (Fsp3) is 0.353. The Bertz CT molecular complexity index is 813. The molecule has 0 amide bonds. The van der Waals surface area contributed by atoms with Gasteiger partial charge in [0.1, 0.15) is 4.21 Å². The van der Waals surface area contributed by atoms with Crippen molar-refractivity contribution < 1.29 is 8.42 Å².